The third kappa shape index (κ3) is 12.5. The Balaban J connectivity index is 1.21. The number of imide groups is 1. The Morgan fingerprint density at radius 1 is 0.681 bits per heavy atom. The Hall–Kier alpha value is -5.86. The average Bonchev–Trinajstić information content (AvgIpc) is 3.63. The van der Waals surface area contributed by atoms with Crippen molar-refractivity contribution in [2.45, 2.75) is 145 Å². The van der Waals surface area contributed by atoms with Crippen LogP contribution in [0, 0.1) is 0 Å². The van der Waals surface area contributed by atoms with Crippen molar-refractivity contribution in [3.05, 3.63) is 131 Å². The Bertz CT molecular complexity index is 2480. The minimum atomic E-state index is -2.08. The van der Waals surface area contributed by atoms with E-state index in [1.807, 2.05) is 60.7 Å². The lowest BCUT2D eigenvalue weighted by atomic mass is 9.94. The van der Waals surface area contributed by atoms with Crippen molar-refractivity contribution in [1.82, 2.24) is 4.90 Å². The molecule has 4 aromatic rings. The second-order valence-electron chi connectivity index (χ2n) is 18.0. The van der Waals surface area contributed by atoms with Crippen molar-refractivity contribution in [2.24, 2.45) is 0 Å². The molecule has 0 spiro atoms. The number of nitrogens with zero attached hydrogens (tertiary/aromatic N) is 1. The highest BCUT2D eigenvalue weighted by Crippen LogP contribution is 2.42. The van der Waals surface area contributed by atoms with E-state index < -0.39 is 114 Å². The largest absolute Gasteiger partial charge is 0.494 e. The first-order valence-corrected chi connectivity index (χ1v) is 25.6. The highest BCUT2D eigenvalue weighted by atomic mass is 32.2. The molecule has 4 aromatic carbocycles. The van der Waals surface area contributed by atoms with Gasteiger partial charge in [-0.25, -0.2) is 0 Å². The van der Waals surface area contributed by atoms with E-state index in [2.05, 4.69) is 6.92 Å². The molecule has 2 unspecified atom stereocenters. The van der Waals surface area contributed by atoms with Crippen LogP contribution in [0.5, 0.6) is 5.75 Å². The van der Waals surface area contributed by atoms with E-state index in [0.29, 0.717) is 22.8 Å². The lowest BCUT2D eigenvalue weighted by Gasteiger charge is -2.52. The van der Waals surface area contributed by atoms with E-state index >= 15 is 4.21 Å². The molecule has 4 heterocycles. The number of unbranched alkanes of at least 4 members (excludes halogenated alkanes) is 5. The Labute approximate surface area is 421 Å². The van der Waals surface area contributed by atoms with Crippen LogP contribution in [0.25, 0.3) is 0 Å². The summed E-state index contributed by atoms with van der Waals surface area (Å²) < 4.78 is 78.8. The molecule has 2 amide bonds. The van der Waals surface area contributed by atoms with Gasteiger partial charge in [0.2, 0.25) is 0 Å². The summed E-state index contributed by atoms with van der Waals surface area (Å²) >= 11 is 0. The number of amides is 2. The van der Waals surface area contributed by atoms with Crippen LogP contribution in [0.15, 0.2) is 114 Å². The molecule has 18 heteroatoms. The zero-order chi connectivity index (χ0) is 50.7. The summed E-state index contributed by atoms with van der Waals surface area (Å²) in [4.78, 5) is 68.6. The normalized spacial score (nSPS) is 27.3. The van der Waals surface area contributed by atoms with Crippen LogP contribution in [-0.2, 0) is 74.4 Å². The predicted molar refractivity (Wildman–Crippen MR) is 257 cm³/mol. The fourth-order valence-electron chi connectivity index (χ4n) is 9.38. The van der Waals surface area contributed by atoms with Crippen LogP contribution in [0.1, 0.15) is 104 Å². The van der Waals surface area contributed by atoms with Gasteiger partial charge in [0.1, 0.15) is 48.9 Å². The zero-order valence-corrected chi connectivity index (χ0v) is 41.5. The van der Waals surface area contributed by atoms with Gasteiger partial charge in [-0.1, -0.05) is 112 Å². The molecule has 384 valence electrons. The maximum atomic E-state index is 15.3. The Morgan fingerprint density at radius 3 is 1.96 bits per heavy atom. The quantitative estimate of drug-likeness (QED) is 0.0352. The smallest absolute Gasteiger partial charge is 0.303 e. The molecule has 4 aliphatic heterocycles. The maximum absolute atomic E-state index is 15.3. The molecule has 0 aliphatic carbocycles. The Kier molecular flexibility index (Phi) is 18.0. The fraction of sp³-hybridized carbons (Fsp3) is 0.463. The molecule has 0 bridgehead atoms. The second kappa shape index (κ2) is 24.7. The predicted octanol–water partition coefficient (Wildman–Crippen LogP) is 7.16. The van der Waals surface area contributed by atoms with Crippen LogP contribution in [0.3, 0.4) is 0 Å². The molecule has 72 heavy (non-hydrogen) atoms. The van der Waals surface area contributed by atoms with Gasteiger partial charge >= 0.3 is 17.9 Å². The summed E-state index contributed by atoms with van der Waals surface area (Å²) in [5, 5.41) is 0. The Morgan fingerprint density at radius 2 is 1.31 bits per heavy atom. The molecule has 0 saturated carbocycles. The topological polar surface area (TPSA) is 198 Å². The van der Waals surface area contributed by atoms with Gasteiger partial charge in [-0.3, -0.25) is 33.1 Å². The standard InChI is InChI=1S/C54H61NO16S/c1-5-6-7-8-9-18-29-62-38-25-27-39(28-26-38)72(61)54-49(48(64-30-36-19-12-10-13-20-36)46-43(69-54)32-65-52(70-46)37-21-14-11-15-22-37)71-53-44(55-50(59)40-23-16-17-24-41(40)51(55)60)47(67-35(4)58)45(66-34(3)57)42(68-53)31-63-33(2)56/h10-17,19-28,42-49,52-54H,5-9,18,29-32H2,1-4H3/t42-,43-,44-,45-,46-,47-,48+,49+,52?,53+,54-,72?/m1/s1. The minimum absolute atomic E-state index is 0.00579. The molecular formula is C54H61NO16S. The molecule has 4 aliphatic rings. The van der Waals surface area contributed by atoms with Gasteiger partial charge in [-0.15, -0.1) is 0 Å². The summed E-state index contributed by atoms with van der Waals surface area (Å²) in [6, 6.07) is 29.8. The summed E-state index contributed by atoms with van der Waals surface area (Å²) in [6.07, 6.45) is -5.20. The van der Waals surface area contributed by atoms with Crippen LogP contribution in [-0.4, -0.2) is 119 Å². The van der Waals surface area contributed by atoms with Gasteiger partial charge in [0, 0.05) is 31.2 Å². The lowest BCUT2D eigenvalue weighted by Crippen LogP contribution is -2.70. The number of rotatable bonds is 21. The number of ether oxygens (including phenoxy) is 10. The number of hydrogen-bond acceptors (Lipinski definition) is 16. The van der Waals surface area contributed by atoms with E-state index in [1.54, 1.807) is 36.4 Å². The average molecular weight is 1010 g/mol. The SMILES string of the molecule is CCCCCCCCOc1ccc(S(=O)[C@H]2O[C@@H]3COC(c4ccccc4)O[C@H]3[C@H](OCc3ccccc3)[C@@H]2O[C@@H]2O[C@H](COC(C)=O)[C@@H](OC(C)=O)[C@H](OC(C)=O)[C@H]2N2C(=O)c3ccccc3C2=O)cc1. The number of carbonyl (C=O) groups excluding carboxylic acids is 5. The van der Waals surface area contributed by atoms with E-state index in [1.165, 1.54) is 31.4 Å². The van der Waals surface area contributed by atoms with Crippen LogP contribution in [0.2, 0.25) is 0 Å². The first-order chi connectivity index (χ1) is 34.9. The van der Waals surface area contributed by atoms with Gasteiger partial charge < -0.3 is 47.4 Å². The monoisotopic (exact) mass is 1010 g/mol. The van der Waals surface area contributed by atoms with Crippen molar-refractivity contribution in [3.63, 3.8) is 0 Å². The van der Waals surface area contributed by atoms with Crippen LogP contribution in [0.4, 0.5) is 0 Å². The second-order valence-corrected chi connectivity index (χ2v) is 19.5. The molecule has 17 nitrogen and oxygen atoms in total. The van der Waals surface area contributed by atoms with Crippen molar-refractivity contribution in [2.75, 3.05) is 19.8 Å². The summed E-state index contributed by atoms with van der Waals surface area (Å²) in [5.41, 5.74) is 0.165. The molecule has 12 atom stereocenters. The highest BCUT2D eigenvalue weighted by Gasteiger charge is 2.60. The molecule has 3 fully saturated rings. The minimum Gasteiger partial charge on any atom is -0.494 e. The molecule has 0 aromatic heterocycles. The number of carbonyl (C=O) groups is 5. The maximum Gasteiger partial charge on any atom is 0.303 e. The summed E-state index contributed by atoms with van der Waals surface area (Å²) in [5.74, 6) is -3.42. The third-order valence-electron chi connectivity index (χ3n) is 12.8. The third-order valence-corrected chi connectivity index (χ3v) is 14.3. The fourth-order valence-corrected chi connectivity index (χ4v) is 10.8. The number of hydrogen-bond donors (Lipinski definition) is 0. The van der Waals surface area contributed by atoms with E-state index in [9.17, 15) is 24.0 Å². The van der Waals surface area contributed by atoms with Gasteiger partial charge in [0.25, 0.3) is 11.8 Å². The van der Waals surface area contributed by atoms with Crippen LogP contribution >= 0.6 is 0 Å². The molecule has 0 radical (unpaired) electrons. The van der Waals surface area contributed by atoms with Crippen molar-refractivity contribution in [3.8, 4) is 5.75 Å². The highest BCUT2D eigenvalue weighted by molar-refractivity contribution is 7.85. The van der Waals surface area contributed by atoms with E-state index in [0.717, 1.165) is 50.5 Å². The van der Waals surface area contributed by atoms with Gasteiger partial charge in [-0.05, 0) is 48.4 Å². The number of benzene rings is 4. The number of esters is 3. The van der Waals surface area contributed by atoms with Crippen molar-refractivity contribution < 1.29 is 75.6 Å². The zero-order valence-electron chi connectivity index (χ0n) is 40.7. The first kappa shape index (κ1) is 52.5. The first-order valence-electron chi connectivity index (χ1n) is 24.4. The van der Waals surface area contributed by atoms with Gasteiger partial charge in [0.15, 0.2) is 30.2 Å². The van der Waals surface area contributed by atoms with Crippen molar-refractivity contribution >= 4 is 40.5 Å². The van der Waals surface area contributed by atoms with Gasteiger partial charge in [-0.2, -0.15) is 0 Å². The molecule has 0 N–H and O–H groups in total. The summed E-state index contributed by atoms with van der Waals surface area (Å²) in [6.45, 7) is 5.52. The lowest BCUT2D eigenvalue weighted by molar-refractivity contribution is -0.356. The molecule has 8 rings (SSSR count). The van der Waals surface area contributed by atoms with Crippen LogP contribution < -0.4 is 4.74 Å². The number of fused-ring (bicyclic) bond motifs is 2. The van der Waals surface area contributed by atoms with Crippen molar-refractivity contribution in [1.29, 1.82) is 0 Å². The van der Waals surface area contributed by atoms with Gasteiger partial charge in [0.05, 0.1) is 41.7 Å². The molecular weight excluding hydrogens is 951 g/mol. The molecule has 3 saturated heterocycles. The summed E-state index contributed by atoms with van der Waals surface area (Å²) in [7, 11) is -2.08. The van der Waals surface area contributed by atoms with E-state index in [4.69, 9.17) is 47.4 Å². The van der Waals surface area contributed by atoms with E-state index in [-0.39, 0.29) is 24.3 Å².